The van der Waals surface area contributed by atoms with E-state index in [2.05, 4.69) is 37.5 Å². The summed E-state index contributed by atoms with van der Waals surface area (Å²) in [7, 11) is 0. The molecule has 4 aromatic rings. The average Bonchev–Trinajstić information content (AvgIpc) is 2.95. The zero-order chi connectivity index (χ0) is 27.1. The van der Waals surface area contributed by atoms with Crippen LogP contribution in [0.5, 0.6) is 0 Å². The smallest absolute Gasteiger partial charge is 0.261 e. The fraction of sp³-hybridized carbons (Fsp3) is 0.467. The van der Waals surface area contributed by atoms with Crippen molar-refractivity contribution < 1.29 is 0 Å². The molecule has 2 aromatic carbocycles. The fourth-order valence-corrected chi connectivity index (χ4v) is 5.06. The van der Waals surface area contributed by atoms with Gasteiger partial charge in [0.15, 0.2) is 0 Å². The average molecular weight is 517 g/mol. The Morgan fingerprint density at radius 2 is 0.974 bits per heavy atom. The summed E-state index contributed by atoms with van der Waals surface area (Å²) >= 11 is 0. The Labute approximate surface area is 224 Å². The molecule has 0 spiro atoms. The second-order valence-corrected chi connectivity index (χ2v) is 9.56. The zero-order valence-electron chi connectivity index (χ0n) is 23.2. The summed E-state index contributed by atoms with van der Waals surface area (Å²) in [5.74, 6) is 1.47. The van der Waals surface area contributed by atoms with Crippen molar-refractivity contribution in [2.24, 2.45) is 0 Å². The summed E-state index contributed by atoms with van der Waals surface area (Å²) in [6.07, 6.45) is 1.04. The number of fused-ring (bicyclic) bond motifs is 2. The van der Waals surface area contributed by atoms with Crippen molar-refractivity contribution in [2.45, 2.75) is 53.6 Å². The maximum absolute atomic E-state index is 13.5. The van der Waals surface area contributed by atoms with Gasteiger partial charge in [-0.05, 0) is 50.4 Å². The van der Waals surface area contributed by atoms with Gasteiger partial charge in [-0.15, -0.1) is 0 Å². The first kappa shape index (κ1) is 27.7. The van der Waals surface area contributed by atoms with Gasteiger partial charge in [0, 0.05) is 39.0 Å². The van der Waals surface area contributed by atoms with Gasteiger partial charge < -0.3 is 9.80 Å². The van der Waals surface area contributed by atoms with Crippen LogP contribution in [0.1, 0.15) is 39.3 Å². The van der Waals surface area contributed by atoms with Crippen LogP contribution in [0.25, 0.3) is 21.8 Å². The molecule has 0 atom stereocenters. The number of benzene rings is 2. The third kappa shape index (κ3) is 6.03. The van der Waals surface area contributed by atoms with Crippen LogP contribution < -0.4 is 11.1 Å². The third-order valence-corrected chi connectivity index (χ3v) is 7.52. The van der Waals surface area contributed by atoms with Gasteiger partial charge in [0.25, 0.3) is 11.1 Å². The van der Waals surface area contributed by atoms with Crippen molar-refractivity contribution in [3.8, 4) is 0 Å². The number of hydrogen-bond acceptors (Lipinski definition) is 6. The molecule has 8 nitrogen and oxygen atoms in total. The van der Waals surface area contributed by atoms with E-state index in [1.54, 1.807) is 0 Å². The van der Waals surface area contributed by atoms with E-state index in [1.165, 1.54) is 0 Å². The molecule has 0 amide bonds. The lowest BCUT2D eigenvalue weighted by Gasteiger charge is -2.21. The Hall–Kier alpha value is -3.36. The number of para-hydroxylation sites is 2. The first-order chi connectivity index (χ1) is 18.5. The number of nitrogens with zero attached hydrogens (tertiary/aromatic N) is 6. The van der Waals surface area contributed by atoms with Gasteiger partial charge in [0.1, 0.15) is 11.6 Å². The first-order valence-corrected chi connectivity index (χ1v) is 13.9. The molecule has 2 heterocycles. The molecule has 0 saturated heterocycles. The molecule has 0 bridgehead atoms. The molecule has 2 aromatic heterocycles. The minimum absolute atomic E-state index is 0.0110. The van der Waals surface area contributed by atoms with Crippen molar-refractivity contribution in [3.63, 3.8) is 0 Å². The number of rotatable bonds is 13. The Morgan fingerprint density at radius 3 is 1.34 bits per heavy atom. The minimum atomic E-state index is -0.0110. The second-order valence-electron chi connectivity index (χ2n) is 9.56. The fourth-order valence-electron chi connectivity index (χ4n) is 5.06. The summed E-state index contributed by atoms with van der Waals surface area (Å²) in [5, 5.41) is 1.27. The van der Waals surface area contributed by atoms with Crippen LogP contribution in [0.15, 0.2) is 58.1 Å². The van der Waals surface area contributed by atoms with Gasteiger partial charge in [-0.2, -0.15) is 0 Å². The van der Waals surface area contributed by atoms with E-state index in [4.69, 9.17) is 9.97 Å². The van der Waals surface area contributed by atoms with E-state index in [9.17, 15) is 9.59 Å². The molecule has 0 unspecified atom stereocenters. The van der Waals surface area contributed by atoms with E-state index in [0.29, 0.717) is 47.7 Å². The number of likely N-dealkylation sites (N-methyl/N-ethyl adjacent to an activating group) is 2. The number of aryl methyl sites for hydroxylation is 2. The highest BCUT2D eigenvalue weighted by Gasteiger charge is 2.16. The van der Waals surface area contributed by atoms with Crippen LogP contribution in [-0.2, 0) is 25.9 Å². The topological polar surface area (TPSA) is 76.3 Å². The molecular formula is C30H40N6O2. The number of hydrogen-bond donors (Lipinski definition) is 0. The van der Waals surface area contributed by atoms with E-state index in [-0.39, 0.29) is 11.1 Å². The summed E-state index contributed by atoms with van der Waals surface area (Å²) in [6, 6.07) is 15.1. The predicted octanol–water partition coefficient (Wildman–Crippen LogP) is 3.58. The van der Waals surface area contributed by atoms with Gasteiger partial charge in [0.05, 0.1) is 21.8 Å². The molecule has 0 saturated carbocycles. The SMILES string of the molecule is CCN(CC)CCn1c(CCc2nc3ccccc3c(=O)n2CCN(CC)CC)nc2ccccc2c1=O. The quantitative estimate of drug-likeness (QED) is 0.270. The maximum atomic E-state index is 13.5. The van der Waals surface area contributed by atoms with Crippen molar-refractivity contribution in [2.75, 3.05) is 39.3 Å². The molecular weight excluding hydrogens is 476 g/mol. The van der Waals surface area contributed by atoms with Crippen LogP contribution in [0.2, 0.25) is 0 Å². The molecule has 0 N–H and O–H groups in total. The van der Waals surface area contributed by atoms with Gasteiger partial charge >= 0.3 is 0 Å². The molecule has 0 aliphatic carbocycles. The predicted molar refractivity (Wildman–Crippen MR) is 155 cm³/mol. The van der Waals surface area contributed by atoms with Gasteiger partial charge in [-0.3, -0.25) is 18.7 Å². The zero-order valence-corrected chi connectivity index (χ0v) is 23.2. The maximum Gasteiger partial charge on any atom is 0.261 e. The van der Waals surface area contributed by atoms with E-state index >= 15 is 0 Å². The molecule has 4 rings (SSSR count). The molecule has 38 heavy (non-hydrogen) atoms. The monoisotopic (exact) mass is 516 g/mol. The Morgan fingerprint density at radius 1 is 0.605 bits per heavy atom. The van der Waals surface area contributed by atoms with E-state index < -0.39 is 0 Å². The lowest BCUT2D eigenvalue weighted by Crippen LogP contribution is -2.34. The molecule has 0 aliphatic heterocycles. The van der Waals surface area contributed by atoms with Crippen molar-refractivity contribution in [1.29, 1.82) is 0 Å². The summed E-state index contributed by atoms with van der Waals surface area (Å²) in [4.78, 5) is 41.5. The van der Waals surface area contributed by atoms with Gasteiger partial charge in [0.2, 0.25) is 0 Å². The van der Waals surface area contributed by atoms with Crippen LogP contribution in [0.4, 0.5) is 0 Å². The second kappa shape index (κ2) is 12.9. The number of aromatic nitrogens is 4. The van der Waals surface area contributed by atoms with Crippen LogP contribution >= 0.6 is 0 Å². The Kier molecular flexibility index (Phi) is 9.42. The van der Waals surface area contributed by atoms with Crippen LogP contribution in [0.3, 0.4) is 0 Å². The Bertz CT molecular complexity index is 1370. The molecule has 0 fully saturated rings. The summed E-state index contributed by atoms with van der Waals surface area (Å²) in [6.45, 7) is 15.0. The lowest BCUT2D eigenvalue weighted by atomic mass is 10.2. The Balaban J connectivity index is 1.72. The van der Waals surface area contributed by atoms with Crippen molar-refractivity contribution in [1.82, 2.24) is 28.9 Å². The van der Waals surface area contributed by atoms with Crippen LogP contribution in [0, 0.1) is 0 Å². The normalized spacial score (nSPS) is 11.8. The molecule has 0 aliphatic rings. The largest absolute Gasteiger partial charge is 0.302 e. The summed E-state index contributed by atoms with van der Waals surface area (Å²) < 4.78 is 3.64. The minimum Gasteiger partial charge on any atom is -0.302 e. The van der Waals surface area contributed by atoms with Gasteiger partial charge in [-0.1, -0.05) is 52.0 Å². The van der Waals surface area contributed by atoms with E-state index in [1.807, 2.05) is 57.7 Å². The highest BCUT2D eigenvalue weighted by atomic mass is 16.1. The third-order valence-electron chi connectivity index (χ3n) is 7.52. The van der Waals surface area contributed by atoms with Crippen molar-refractivity contribution >= 4 is 21.8 Å². The van der Waals surface area contributed by atoms with E-state index in [0.717, 1.165) is 50.9 Å². The van der Waals surface area contributed by atoms with Gasteiger partial charge in [-0.25, -0.2) is 9.97 Å². The summed E-state index contributed by atoms with van der Waals surface area (Å²) in [5.41, 5.74) is 1.39. The highest BCUT2D eigenvalue weighted by molar-refractivity contribution is 5.78. The molecule has 8 heteroatoms. The van der Waals surface area contributed by atoms with Crippen molar-refractivity contribution in [3.05, 3.63) is 80.9 Å². The standard InChI is InChI=1S/C30H40N6O2/c1-5-33(6-2)19-21-35-27(31-25-15-11-9-13-23(25)29(35)37)17-18-28-32-26-16-12-10-14-24(26)30(38)36(28)22-20-34(7-3)8-4/h9-16H,5-8,17-22H2,1-4H3. The van der Waals surface area contributed by atoms with Crippen LogP contribution in [-0.4, -0.2) is 68.2 Å². The lowest BCUT2D eigenvalue weighted by molar-refractivity contribution is 0.285. The molecule has 202 valence electrons. The first-order valence-electron chi connectivity index (χ1n) is 13.9. The highest BCUT2D eigenvalue weighted by Crippen LogP contribution is 2.13. The molecule has 0 radical (unpaired) electrons.